The van der Waals surface area contributed by atoms with E-state index in [-0.39, 0.29) is 5.91 Å². The number of rotatable bonds is 4. The van der Waals surface area contributed by atoms with Crippen LogP contribution in [0.4, 0.5) is 0 Å². The van der Waals surface area contributed by atoms with Gasteiger partial charge in [-0.25, -0.2) is 4.98 Å². The van der Waals surface area contributed by atoms with E-state index < -0.39 is 0 Å². The molecule has 0 spiro atoms. The van der Waals surface area contributed by atoms with Crippen LogP contribution in [0.15, 0.2) is 5.51 Å². The second-order valence-corrected chi connectivity index (χ2v) is 3.75. The lowest BCUT2D eigenvalue weighted by molar-refractivity contribution is -0.120. The summed E-state index contributed by atoms with van der Waals surface area (Å²) in [6, 6.07) is 0. The minimum absolute atomic E-state index is 0.113. The van der Waals surface area contributed by atoms with Gasteiger partial charge in [0, 0.05) is 24.3 Å². The van der Waals surface area contributed by atoms with Crippen molar-refractivity contribution >= 4 is 17.2 Å². The molecular formula is C9H14N2OS. The third-order valence-corrected chi connectivity index (χ3v) is 2.84. The van der Waals surface area contributed by atoms with Crippen LogP contribution in [0.25, 0.3) is 0 Å². The van der Waals surface area contributed by atoms with Crippen molar-refractivity contribution in [3.63, 3.8) is 0 Å². The SMILES string of the molecule is CCC(=O)NCCc1scnc1C. The van der Waals surface area contributed by atoms with E-state index in [9.17, 15) is 4.79 Å². The number of aryl methyl sites for hydroxylation is 1. The fraction of sp³-hybridized carbons (Fsp3) is 0.556. The van der Waals surface area contributed by atoms with E-state index in [1.54, 1.807) is 11.3 Å². The van der Waals surface area contributed by atoms with Crippen LogP contribution in [-0.4, -0.2) is 17.4 Å². The zero-order valence-electron chi connectivity index (χ0n) is 7.96. The Labute approximate surface area is 82.2 Å². The van der Waals surface area contributed by atoms with Crippen LogP contribution in [-0.2, 0) is 11.2 Å². The molecule has 1 rings (SSSR count). The maximum absolute atomic E-state index is 10.9. The molecule has 0 saturated carbocycles. The van der Waals surface area contributed by atoms with E-state index in [0.29, 0.717) is 6.42 Å². The van der Waals surface area contributed by atoms with E-state index in [0.717, 1.165) is 18.7 Å². The zero-order chi connectivity index (χ0) is 9.68. The molecule has 0 fully saturated rings. The van der Waals surface area contributed by atoms with Crippen molar-refractivity contribution in [2.24, 2.45) is 0 Å². The minimum atomic E-state index is 0.113. The third-order valence-electron chi connectivity index (χ3n) is 1.84. The highest BCUT2D eigenvalue weighted by atomic mass is 32.1. The Morgan fingerprint density at radius 1 is 1.69 bits per heavy atom. The Morgan fingerprint density at radius 2 is 2.46 bits per heavy atom. The highest BCUT2D eigenvalue weighted by Crippen LogP contribution is 2.11. The molecule has 0 atom stereocenters. The standard InChI is InChI=1S/C9H14N2OS/c1-3-9(12)10-5-4-8-7(2)11-6-13-8/h6H,3-5H2,1-2H3,(H,10,12). The molecule has 0 aliphatic heterocycles. The molecule has 1 amide bonds. The monoisotopic (exact) mass is 198 g/mol. The summed E-state index contributed by atoms with van der Waals surface area (Å²) in [4.78, 5) is 16.3. The van der Waals surface area contributed by atoms with Gasteiger partial charge in [-0.2, -0.15) is 0 Å². The van der Waals surface area contributed by atoms with Gasteiger partial charge < -0.3 is 5.32 Å². The van der Waals surface area contributed by atoms with Gasteiger partial charge in [0.05, 0.1) is 11.2 Å². The number of carbonyl (C=O) groups excluding carboxylic acids is 1. The van der Waals surface area contributed by atoms with Crippen molar-refractivity contribution in [3.05, 3.63) is 16.1 Å². The van der Waals surface area contributed by atoms with Crippen molar-refractivity contribution in [1.29, 1.82) is 0 Å². The summed E-state index contributed by atoms with van der Waals surface area (Å²) in [6.07, 6.45) is 1.45. The average Bonchev–Trinajstić information content (AvgIpc) is 2.52. The predicted molar refractivity (Wildman–Crippen MR) is 53.9 cm³/mol. The molecule has 0 saturated heterocycles. The fourth-order valence-corrected chi connectivity index (χ4v) is 1.79. The number of amides is 1. The lowest BCUT2D eigenvalue weighted by atomic mass is 10.3. The van der Waals surface area contributed by atoms with Gasteiger partial charge in [0.2, 0.25) is 5.91 Å². The number of hydrogen-bond acceptors (Lipinski definition) is 3. The highest BCUT2D eigenvalue weighted by molar-refractivity contribution is 7.09. The number of thiazole rings is 1. The van der Waals surface area contributed by atoms with Gasteiger partial charge in [0.15, 0.2) is 0 Å². The van der Waals surface area contributed by atoms with Crippen LogP contribution in [0.3, 0.4) is 0 Å². The van der Waals surface area contributed by atoms with Crippen molar-refractivity contribution < 1.29 is 4.79 Å². The molecule has 13 heavy (non-hydrogen) atoms. The number of hydrogen-bond donors (Lipinski definition) is 1. The van der Waals surface area contributed by atoms with E-state index >= 15 is 0 Å². The van der Waals surface area contributed by atoms with Crippen LogP contribution in [0, 0.1) is 6.92 Å². The predicted octanol–water partition coefficient (Wildman–Crippen LogP) is 1.52. The second kappa shape index (κ2) is 4.97. The molecule has 3 nitrogen and oxygen atoms in total. The van der Waals surface area contributed by atoms with Crippen LogP contribution in [0.1, 0.15) is 23.9 Å². The zero-order valence-corrected chi connectivity index (χ0v) is 8.78. The maximum Gasteiger partial charge on any atom is 0.219 e. The molecule has 72 valence electrons. The summed E-state index contributed by atoms with van der Waals surface area (Å²) < 4.78 is 0. The van der Waals surface area contributed by atoms with Crippen LogP contribution < -0.4 is 5.32 Å². The highest BCUT2D eigenvalue weighted by Gasteiger charge is 2.01. The topological polar surface area (TPSA) is 42.0 Å². The summed E-state index contributed by atoms with van der Waals surface area (Å²) in [7, 11) is 0. The molecule has 0 aromatic carbocycles. The molecule has 1 heterocycles. The Balaban J connectivity index is 2.28. The Hall–Kier alpha value is -0.900. The Bertz CT molecular complexity index is 283. The lowest BCUT2D eigenvalue weighted by Gasteiger charge is -2.01. The number of nitrogens with one attached hydrogen (secondary N) is 1. The van der Waals surface area contributed by atoms with E-state index in [1.807, 2.05) is 19.4 Å². The summed E-state index contributed by atoms with van der Waals surface area (Å²) >= 11 is 1.65. The minimum Gasteiger partial charge on any atom is -0.356 e. The van der Waals surface area contributed by atoms with Crippen molar-refractivity contribution in [1.82, 2.24) is 10.3 Å². The average molecular weight is 198 g/mol. The number of aromatic nitrogens is 1. The molecule has 1 aromatic rings. The van der Waals surface area contributed by atoms with Gasteiger partial charge in [-0.3, -0.25) is 4.79 Å². The third kappa shape index (κ3) is 3.14. The van der Waals surface area contributed by atoms with Gasteiger partial charge in [-0.05, 0) is 6.92 Å². The lowest BCUT2D eigenvalue weighted by Crippen LogP contribution is -2.24. The van der Waals surface area contributed by atoms with Crippen LogP contribution in [0.2, 0.25) is 0 Å². The van der Waals surface area contributed by atoms with E-state index in [1.165, 1.54) is 4.88 Å². The van der Waals surface area contributed by atoms with Crippen LogP contribution >= 0.6 is 11.3 Å². The first-order chi connectivity index (χ1) is 6.24. The van der Waals surface area contributed by atoms with Crippen LogP contribution in [0.5, 0.6) is 0 Å². The molecule has 0 aliphatic rings. The quantitative estimate of drug-likeness (QED) is 0.797. The van der Waals surface area contributed by atoms with E-state index in [2.05, 4.69) is 10.3 Å². The molecule has 1 N–H and O–H groups in total. The van der Waals surface area contributed by atoms with Gasteiger partial charge in [-0.15, -0.1) is 11.3 Å². The van der Waals surface area contributed by atoms with Gasteiger partial charge >= 0.3 is 0 Å². The molecule has 1 aromatic heterocycles. The number of carbonyl (C=O) groups is 1. The smallest absolute Gasteiger partial charge is 0.219 e. The first-order valence-electron chi connectivity index (χ1n) is 4.39. The maximum atomic E-state index is 10.9. The van der Waals surface area contributed by atoms with E-state index in [4.69, 9.17) is 0 Å². The fourth-order valence-electron chi connectivity index (χ4n) is 1.01. The second-order valence-electron chi connectivity index (χ2n) is 2.81. The van der Waals surface area contributed by atoms with Gasteiger partial charge in [-0.1, -0.05) is 6.92 Å². The molecule has 4 heteroatoms. The number of nitrogens with zero attached hydrogens (tertiary/aromatic N) is 1. The van der Waals surface area contributed by atoms with Gasteiger partial charge in [0.25, 0.3) is 0 Å². The van der Waals surface area contributed by atoms with Crippen molar-refractivity contribution in [2.75, 3.05) is 6.54 Å². The Kier molecular flexibility index (Phi) is 3.89. The summed E-state index contributed by atoms with van der Waals surface area (Å²) in [5, 5.41) is 2.84. The molecule has 0 aliphatic carbocycles. The molecular weight excluding hydrogens is 184 g/mol. The van der Waals surface area contributed by atoms with Crippen molar-refractivity contribution in [3.8, 4) is 0 Å². The first kappa shape index (κ1) is 10.2. The largest absolute Gasteiger partial charge is 0.356 e. The summed E-state index contributed by atoms with van der Waals surface area (Å²) in [5.74, 6) is 0.113. The first-order valence-corrected chi connectivity index (χ1v) is 5.27. The normalized spacial score (nSPS) is 10.0. The van der Waals surface area contributed by atoms with Crippen molar-refractivity contribution in [2.45, 2.75) is 26.7 Å². The summed E-state index contributed by atoms with van der Waals surface area (Å²) in [6.45, 7) is 4.57. The molecule has 0 bridgehead atoms. The Morgan fingerprint density at radius 3 is 3.00 bits per heavy atom. The summed E-state index contributed by atoms with van der Waals surface area (Å²) in [5.41, 5.74) is 2.92. The molecule has 0 radical (unpaired) electrons. The molecule has 0 unspecified atom stereocenters. The van der Waals surface area contributed by atoms with Gasteiger partial charge in [0.1, 0.15) is 0 Å².